The zero-order valence-corrected chi connectivity index (χ0v) is 21.7. The van der Waals surface area contributed by atoms with Gasteiger partial charge >= 0.3 is 0 Å². The molecule has 0 bridgehead atoms. The van der Waals surface area contributed by atoms with Gasteiger partial charge in [0.1, 0.15) is 11.6 Å². The predicted molar refractivity (Wildman–Crippen MR) is 147 cm³/mol. The van der Waals surface area contributed by atoms with Crippen LogP contribution in [0.4, 0.5) is 4.39 Å². The molecule has 1 aliphatic heterocycles. The molecule has 4 aromatic carbocycles. The third-order valence-electron chi connectivity index (χ3n) is 6.98. The van der Waals surface area contributed by atoms with E-state index in [4.69, 9.17) is 19.2 Å². The standard InChI is InChI=1S/C32H27FN2O4/c1-20(36)22-13-14-27-28(18-22)35(15-16-37-2)30(34-27)19-24-12-11-23(17-26(24)33)25-9-6-10-29-31(25)39-32(38-29)21-7-4-3-5-8-21/h3-14,17-18,32H,15-16,19H2,1-2H3. The Labute approximate surface area is 225 Å². The highest BCUT2D eigenvalue weighted by atomic mass is 19.1. The smallest absolute Gasteiger partial charge is 0.268 e. The molecule has 1 atom stereocenters. The average Bonchev–Trinajstić information content (AvgIpc) is 3.54. The van der Waals surface area contributed by atoms with E-state index < -0.39 is 6.29 Å². The molecule has 0 amide bonds. The van der Waals surface area contributed by atoms with Crippen LogP contribution < -0.4 is 9.47 Å². The van der Waals surface area contributed by atoms with Crippen molar-refractivity contribution in [3.8, 4) is 22.6 Å². The van der Waals surface area contributed by atoms with Crippen molar-refractivity contribution in [2.45, 2.75) is 26.2 Å². The van der Waals surface area contributed by atoms with Crippen molar-refractivity contribution in [1.82, 2.24) is 9.55 Å². The van der Waals surface area contributed by atoms with Gasteiger partial charge in [0.05, 0.1) is 17.6 Å². The van der Waals surface area contributed by atoms with E-state index in [1.54, 1.807) is 19.2 Å². The minimum atomic E-state index is -0.546. The molecule has 2 heterocycles. The van der Waals surface area contributed by atoms with Crippen LogP contribution in [0.5, 0.6) is 11.5 Å². The quantitative estimate of drug-likeness (QED) is 0.211. The summed E-state index contributed by atoms with van der Waals surface area (Å²) in [6, 6.07) is 26.0. The van der Waals surface area contributed by atoms with Gasteiger partial charge < -0.3 is 18.8 Å². The molecule has 0 spiro atoms. The molecule has 1 unspecified atom stereocenters. The lowest BCUT2D eigenvalue weighted by Crippen LogP contribution is -2.10. The van der Waals surface area contributed by atoms with E-state index in [0.29, 0.717) is 53.6 Å². The number of para-hydroxylation sites is 1. The van der Waals surface area contributed by atoms with Crippen LogP contribution in [-0.4, -0.2) is 29.1 Å². The number of carbonyl (C=O) groups is 1. The van der Waals surface area contributed by atoms with Crippen molar-refractivity contribution in [2.75, 3.05) is 13.7 Å². The van der Waals surface area contributed by atoms with E-state index in [9.17, 15) is 4.79 Å². The van der Waals surface area contributed by atoms with E-state index in [2.05, 4.69) is 0 Å². The van der Waals surface area contributed by atoms with Gasteiger partial charge in [0.2, 0.25) is 0 Å². The molecular formula is C32H27FN2O4. The van der Waals surface area contributed by atoms with Crippen LogP contribution in [0.15, 0.2) is 84.9 Å². The minimum Gasteiger partial charge on any atom is -0.447 e. The molecular weight excluding hydrogens is 495 g/mol. The minimum absolute atomic E-state index is 0.0172. The normalized spacial score (nSPS) is 14.2. The highest BCUT2D eigenvalue weighted by molar-refractivity contribution is 5.97. The van der Waals surface area contributed by atoms with Crippen molar-refractivity contribution in [3.63, 3.8) is 0 Å². The SMILES string of the molecule is COCCn1c(Cc2ccc(-c3cccc4c3OC(c3ccccc3)O4)cc2F)nc2ccc(C(C)=O)cc21. The maximum absolute atomic E-state index is 15.5. The van der Waals surface area contributed by atoms with Crippen molar-refractivity contribution in [3.05, 3.63) is 113 Å². The Bertz CT molecular complexity index is 1680. The number of methoxy groups -OCH3 is 1. The number of fused-ring (bicyclic) bond motifs is 2. The summed E-state index contributed by atoms with van der Waals surface area (Å²) < 4.78 is 35.0. The molecule has 39 heavy (non-hydrogen) atoms. The Morgan fingerprint density at radius 2 is 1.85 bits per heavy atom. The Morgan fingerprint density at radius 3 is 2.62 bits per heavy atom. The molecule has 6 nitrogen and oxygen atoms in total. The molecule has 0 N–H and O–H groups in total. The van der Waals surface area contributed by atoms with Crippen LogP contribution in [-0.2, 0) is 17.7 Å². The van der Waals surface area contributed by atoms with Gasteiger partial charge in [-0.2, -0.15) is 0 Å². The highest BCUT2D eigenvalue weighted by Gasteiger charge is 2.28. The second-order valence-electron chi connectivity index (χ2n) is 9.53. The number of rotatable bonds is 8. The van der Waals surface area contributed by atoms with Gasteiger partial charge in [-0.1, -0.05) is 54.6 Å². The molecule has 7 heteroatoms. The van der Waals surface area contributed by atoms with E-state index in [-0.39, 0.29) is 11.6 Å². The number of Topliss-reactive ketones (excluding diaryl/α,β-unsaturated/α-hetero) is 1. The average molecular weight is 523 g/mol. The second-order valence-corrected chi connectivity index (χ2v) is 9.53. The molecule has 1 aromatic heterocycles. The Balaban J connectivity index is 1.31. The summed E-state index contributed by atoms with van der Waals surface area (Å²) in [4.78, 5) is 16.7. The number of hydrogen-bond donors (Lipinski definition) is 0. The number of aromatic nitrogens is 2. The van der Waals surface area contributed by atoms with E-state index in [1.807, 2.05) is 71.3 Å². The number of benzene rings is 4. The molecule has 196 valence electrons. The lowest BCUT2D eigenvalue weighted by Gasteiger charge is -2.12. The first kappa shape index (κ1) is 24.8. The second kappa shape index (κ2) is 10.3. The lowest BCUT2D eigenvalue weighted by molar-refractivity contribution is 0.0490. The summed E-state index contributed by atoms with van der Waals surface area (Å²) in [6.45, 7) is 2.55. The summed E-state index contributed by atoms with van der Waals surface area (Å²) in [5.74, 6) is 1.58. The fourth-order valence-electron chi connectivity index (χ4n) is 4.94. The number of carbonyl (C=O) groups excluding carboxylic acids is 1. The maximum Gasteiger partial charge on any atom is 0.268 e. The number of halogens is 1. The van der Waals surface area contributed by atoms with Gasteiger partial charge in [-0.15, -0.1) is 0 Å². The molecule has 0 saturated heterocycles. The first-order valence-corrected chi connectivity index (χ1v) is 12.8. The number of ketones is 1. The van der Waals surface area contributed by atoms with Crippen molar-refractivity contribution in [2.24, 2.45) is 0 Å². The number of imidazole rings is 1. The third kappa shape index (κ3) is 4.77. The van der Waals surface area contributed by atoms with Crippen molar-refractivity contribution < 1.29 is 23.4 Å². The van der Waals surface area contributed by atoms with E-state index >= 15 is 4.39 Å². The van der Waals surface area contributed by atoms with Crippen LogP contribution in [0.2, 0.25) is 0 Å². The molecule has 1 aliphatic rings. The summed E-state index contributed by atoms with van der Waals surface area (Å²) in [5, 5.41) is 0. The van der Waals surface area contributed by atoms with Crippen LogP contribution in [0, 0.1) is 5.82 Å². The number of ether oxygens (including phenoxy) is 3. The Morgan fingerprint density at radius 1 is 1.00 bits per heavy atom. The zero-order valence-electron chi connectivity index (χ0n) is 21.7. The molecule has 5 aromatic rings. The van der Waals surface area contributed by atoms with Gasteiger partial charge in [-0.05, 0) is 48.4 Å². The summed E-state index contributed by atoms with van der Waals surface area (Å²) in [6.07, 6.45) is -0.252. The summed E-state index contributed by atoms with van der Waals surface area (Å²) in [7, 11) is 1.63. The van der Waals surface area contributed by atoms with E-state index in [1.165, 1.54) is 13.0 Å². The van der Waals surface area contributed by atoms with Gasteiger partial charge in [0.25, 0.3) is 6.29 Å². The topological polar surface area (TPSA) is 62.6 Å². The molecule has 6 rings (SSSR count). The van der Waals surface area contributed by atoms with Crippen molar-refractivity contribution >= 4 is 16.8 Å². The first-order valence-electron chi connectivity index (χ1n) is 12.8. The third-order valence-corrected chi connectivity index (χ3v) is 6.98. The van der Waals surface area contributed by atoms with Gasteiger partial charge in [-0.3, -0.25) is 4.79 Å². The molecule has 0 radical (unpaired) electrons. The fraction of sp³-hybridized carbons (Fsp3) is 0.188. The lowest BCUT2D eigenvalue weighted by atomic mass is 10.0. The summed E-state index contributed by atoms with van der Waals surface area (Å²) in [5.41, 5.74) is 5.09. The molecule has 0 saturated carbocycles. The van der Waals surface area contributed by atoms with Gasteiger partial charge in [0, 0.05) is 36.8 Å². The van der Waals surface area contributed by atoms with Crippen molar-refractivity contribution in [1.29, 1.82) is 0 Å². The fourth-order valence-corrected chi connectivity index (χ4v) is 4.94. The predicted octanol–water partition coefficient (Wildman–Crippen LogP) is 6.75. The highest BCUT2D eigenvalue weighted by Crippen LogP contribution is 2.46. The molecule has 0 aliphatic carbocycles. The van der Waals surface area contributed by atoms with Gasteiger partial charge in [-0.25, -0.2) is 9.37 Å². The number of hydrogen-bond acceptors (Lipinski definition) is 5. The Hall–Kier alpha value is -4.49. The zero-order chi connectivity index (χ0) is 26.9. The monoisotopic (exact) mass is 522 g/mol. The first-order chi connectivity index (χ1) is 19.0. The Kier molecular flexibility index (Phi) is 6.59. The van der Waals surface area contributed by atoms with Crippen LogP contribution >= 0.6 is 0 Å². The largest absolute Gasteiger partial charge is 0.447 e. The van der Waals surface area contributed by atoms with Crippen LogP contribution in [0.25, 0.3) is 22.2 Å². The molecule has 0 fully saturated rings. The summed E-state index contributed by atoms with van der Waals surface area (Å²) >= 11 is 0. The van der Waals surface area contributed by atoms with Crippen LogP contribution in [0.3, 0.4) is 0 Å². The van der Waals surface area contributed by atoms with Crippen LogP contribution in [0.1, 0.15) is 40.5 Å². The van der Waals surface area contributed by atoms with Gasteiger partial charge in [0.15, 0.2) is 17.3 Å². The van der Waals surface area contributed by atoms with E-state index in [0.717, 1.165) is 22.2 Å². The number of nitrogens with zero attached hydrogens (tertiary/aromatic N) is 2. The maximum atomic E-state index is 15.5.